The second kappa shape index (κ2) is 5.21. The Morgan fingerprint density at radius 1 is 1.53 bits per heavy atom. The molecule has 1 aromatic rings. The summed E-state index contributed by atoms with van der Waals surface area (Å²) in [7, 11) is 0. The Bertz CT molecular complexity index is 354. The summed E-state index contributed by atoms with van der Waals surface area (Å²) >= 11 is 0. The molecule has 2 rings (SSSR count). The van der Waals surface area contributed by atoms with Crippen LogP contribution in [0.1, 0.15) is 51.8 Å². The molecule has 0 spiro atoms. The van der Waals surface area contributed by atoms with Crippen LogP contribution in [-0.2, 0) is 6.54 Å². The van der Waals surface area contributed by atoms with Crippen LogP contribution in [0, 0.1) is 5.41 Å². The predicted octanol–water partition coefficient (Wildman–Crippen LogP) is 2.79. The molecular weight excluding hydrogens is 210 g/mol. The Labute approximate surface area is 105 Å². The third-order valence-corrected chi connectivity index (χ3v) is 4.02. The van der Waals surface area contributed by atoms with Gasteiger partial charge in [-0.05, 0) is 24.7 Å². The fourth-order valence-electron chi connectivity index (χ4n) is 2.41. The summed E-state index contributed by atoms with van der Waals surface area (Å²) in [5, 5.41) is 3.62. The second-order valence-corrected chi connectivity index (χ2v) is 5.97. The third-order valence-electron chi connectivity index (χ3n) is 4.02. The average molecular weight is 235 g/mol. The first-order valence-corrected chi connectivity index (χ1v) is 6.84. The largest absolute Gasteiger partial charge is 0.335 e. The highest BCUT2D eigenvalue weighted by Crippen LogP contribution is 2.25. The zero-order chi connectivity index (χ0) is 12.3. The lowest BCUT2D eigenvalue weighted by atomic mass is 9.90. The number of imidazole rings is 1. The van der Waals surface area contributed by atoms with Crippen LogP contribution >= 0.6 is 0 Å². The van der Waals surface area contributed by atoms with Crippen molar-refractivity contribution < 1.29 is 0 Å². The fraction of sp³-hybridized carbons (Fsp3) is 0.786. The summed E-state index contributed by atoms with van der Waals surface area (Å²) in [5.74, 6) is 1.88. The summed E-state index contributed by atoms with van der Waals surface area (Å²) in [6, 6.07) is 0. The summed E-state index contributed by atoms with van der Waals surface area (Å²) in [6.45, 7) is 10.2. The smallest absolute Gasteiger partial charge is 0.113 e. The summed E-state index contributed by atoms with van der Waals surface area (Å²) < 4.78 is 2.31. The lowest BCUT2D eigenvalue weighted by molar-refractivity contribution is 0.315. The molecule has 0 saturated carbocycles. The minimum Gasteiger partial charge on any atom is -0.335 e. The molecule has 0 radical (unpaired) electrons. The van der Waals surface area contributed by atoms with E-state index in [9.17, 15) is 0 Å². The molecule has 96 valence electrons. The SMILES string of the molecule is CCC(C)(C)CNCC1CCCn2ccnc21. The van der Waals surface area contributed by atoms with E-state index in [1.807, 2.05) is 6.20 Å². The molecule has 0 saturated heterocycles. The fourth-order valence-corrected chi connectivity index (χ4v) is 2.41. The highest BCUT2D eigenvalue weighted by molar-refractivity contribution is 5.04. The average Bonchev–Trinajstić information content (AvgIpc) is 2.78. The maximum absolute atomic E-state index is 4.50. The van der Waals surface area contributed by atoms with Crippen molar-refractivity contribution in [3.8, 4) is 0 Å². The molecular formula is C14H25N3. The van der Waals surface area contributed by atoms with E-state index in [2.05, 4.69) is 41.8 Å². The Balaban J connectivity index is 1.86. The monoisotopic (exact) mass is 235 g/mol. The molecule has 0 aliphatic carbocycles. The standard InChI is InChI=1S/C14H25N3/c1-4-14(2,3)11-15-10-12-6-5-8-17-9-7-16-13(12)17/h7,9,12,15H,4-6,8,10-11H2,1-3H3. The molecule has 0 amide bonds. The quantitative estimate of drug-likeness (QED) is 0.850. The number of hydrogen-bond acceptors (Lipinski definition) is 2. The number of aromatic nitrogens is 2. The zero-order valence-electron chi connectivity index (χ0n) is 11.4. The van der Waals surface area contributed by atoms with Crippen LogP contribution in [0.2, 0.25) is 0 Å². The Morgan fingerprint density at radius 2 is 2.35 bits per heavy atom. The zero-order valence-corrected chi connectivity index (χ0v) is 11.4. The van der Waals surface area contributed by atoms with Crippen LogP contribution in [0.3, 0.4) is 0 Å². The molecule has 1 N–H and O–H groups in total. The van der Waals surface area contributed by atoms with Crippen molar-refractivity contribution >= 4 is 0 Å². The van der Waals surface area contributed by atoms with Crippen molar-refractivity contribution in [2.45, 2.75) is 52.5 Å². The Morgan fingerprint density at radius 3 is 3.12 bits per heavy atom. The molecule has 2 heterocycles. The van der Waals surface area contributed by atoms with Crippen LogP contribution in [0.4, 0.5) is 0 Å². The lowest BCUT2D eigenvalue weighted by Gasteiger charge is -2.27. The van der Waals surface area contributed by atoms with Gasteiger partial charge in [-0.15, -0.1) is 0 Å². The molecule has 0 aromatic carbocycles. The minimum absolute atomic E-state index is 0.407. The summed E-state index contributed by atoms with van der Waals surface area (Å²) in [4.78, 5) is 4.50. The van der Waals surface area contributed by atoms with Gasteiger partial charge in [0, 0.05) is 37.9 Å². The van der Waals surface area contributed by atoms with Crippen LogP contribution in [0.5, 0.6) is 0 Å². The van der Waals surface area contributed by atoms with Crippen LogP contribution < -0.4 is 5.32 Å². The van der Waals surface area contributed by atoms with Gasteiger partial charge in [0.25, 0.3) is 0 Å². The van der Waals surface area contributed by atoms with Gasteiger partial charge in [-0.25, -0.2) is 4.98 Å². The number of rotatable bonds is 5. The molecule has 3 nitrogen and oxygen atoms in total. The van der Waals surface area contributed by atoms with Crippen LogP contribution in [-0.4, -0.2) is 22.6 Å². The maximum Gasteiger partial charge on any atom is 0.113 e. The molecule has 1 aromatic heterocycles. The highest BCUT2D eigenvalue weighted by atomic mass is 15.1. The predicted molar refractivity (Wildman–Crippen MR) is 71.1 cm³/mol. The van der Waals surface area contributed by atoms with Crippen LogP contribution in [0.15, 0.2) is 12.4 Å². The summed E-state index contributed by atoms with van der Waals surface area (Å²) in [6.07, 6.45) is 7.82. The molecule has 1 aliphatic rings. The number of nitrogens with zero attached hydrogens (tertiary/aromatic N) is 2. The van der Waals surface area contributed by atoms with E-state index in [0.29, 0.717) is 11.3 Å². The molecule has 3 heteroatoms. The van der Waals surface area contributed by atoms with Gasteiger partial charge in [-0.2, -0.15) is 0 Å². The molecule has 1 aliphatic heterocycles. The second-order valence-electron chi connectivity index (χ2n) is 5.97. The van der Waals surface area contributed by atoms with E-state index in [0.717, 1.165) is 19.6 Å². The van der Waals surface area contributed by atoms with Crippen molar-refractivity contribution in [1.82, 2.24) is 14.9 Å². The van der Waals surface area contributed by atoms with E-state index < -0.39 is 0 Å². The van der Waals surface area contributed by atoms with Crippen molar-refractivity contribution in [1.29, 1.82) is 0 Å². The van der Waals surface area contributed by atoms with Crippen LogP contribution in [0.25, 0.3) is 0 Å². The lowest BCUT2D eigenvalue weighted by Crippen LogP contribution is -2.33. The number of nitrogens with one attached hydrogen (secondary N) is 1. The molecule has 1 atom stereocenters. The van der Waals surface area contributed by atoms with Gasteiger partial charge in [0.05, 0.1) is 0 Å². The van der Waals surface area contributed by atoms with Gasteiger partial charge in [0.2, 0.25) is 0 Å². The van der Waals surface area contributed by atoms with Gasteiger partial charge in [0.15, 0.2) is 0 Å². The van der Waals surface area contributed by atoms with E-state index in [-0.39, 0.29) is 0 Å². The first-order valence-electron chi connectivity index (χ1n) is 6.84. The van der Waals surface area contributed by atoms with Gasteiger partial charge < -0.3 is 9.88 Å². The van der Waals surface area contributed by atoms with Crippen molar-refractivity contribution in [3.05, 3.63) is 18.2 Å². The van der Waals surface area contributed by atoms with Gasteiger partial charge in [-0.1, -0.05) is 20.8 Å². The van der Waals surface area contributed by atoms with Gasteiger partial charge >= 0.3 is 0 Å². The third kappa shape index (κ3) is 3.09. The minimum atomic E-state index is 0.407. The van der Waals surface area contributed by atoms with E-state index in [1.165, 1.54) is 25.1 Å². The molecule has 0 fully saturated rings. The van der Waals surface area contributed by atoms with E-state index >= 15 is 0 Å². The molecule has 17 heavy (non-hydrogen) atoms. The summed E-state index contributed by atoms with van der Waals surface area (Å²) in [5.41, 5.74) is 0.407. The Hall–Kier alpha value is -0.830. The normalized spacial score (nSPS) is 20.3. The number of hydrogen-bond donors (Lipinski definition) is 1. The highest BCUT2D eigenvalue weighted by Gasteiger charge is 2.22. The first-order chi connectivity index (χ1) is 8.12. The first kappa shape index (κ1) is 12.6. The number of fused-ring (bicyclic) bond motifs is 1. The van der Waals surface area contributed by atoms with Crippen molar-refractivity contribution in [2.24, 2.45) is 5.41 Å². The maximum atomic E-state index is 4.50. The molecule has 0 bridgehead atoms. The van der Waals surface area contributed by atoms with Gasteiger partial charge in [-0.3, -0.25) is 0 Å². The number of aryl methyl sites for hydroxylation is 1. The van der Waals surface area contributed by atoms with E-state index in [4.69, 9.17) is 0 Å². The molecule has 1 unspecified atom stereocenters. The van der Waals surface area contributed by atoms with E-state index in [1.54, 1.807) is 0 Å². The van der Waals surface area contributed by atoms with Gasteiger partial charge in [0.1, 0.15) is 5.82 Å². The van der Waals surface area contributed by atoms with Crippen molar-refractivity contribution in [3.63, 3.8) is 0 Å². The van der Waals surface area contributed by atoms with Crippen molar-refractivity contribution in [2.75, 3.05) is 13.1 Å². The Kier molecular flexibility index (Phi) is 3.87. The topological polar surface area (TPSA) is 29.9 Å².